The van der Waals surface area contributed by atoms with Gasteiger partial charge in [-0.15, -0.1) is 0 Å². The lowest BCUT2D eigenvalue weighted by atomic mass is 9.93. The molecule has 1 aromatic rings. The van der Waals surface area contributed by atoms with E-state index in [2.05, 4.69) is 5.32 Å². The summed E-state index contributed by atoms with van der Waals surface area (Å²) in [5.41, 5.74) is 0.664. The van der Waals surface area contributed by atoms with Crippen LogP contribution in [0.1, 0.15) is 43.7 Å². The smallest absolute Gasteiger partial charge is 0.163 e. The van der Waals surface area contributed by atoms with Crippen LogP contribution in [0.2, 0.25) is 0 Å². The Morgan fingerprint density at radius 3 is 2.35 bits per heavy atom. The molecule has 1 fully saturated rings. The zero-order valence-corrected chi connectivity index (χ0v) is 12.5. The van der Waals surface area contributed by atoms with Crippen LogP contribution in [0.15, 0.2) is 12.1 Å². The largest absolute Gasteiger partial charge is 0.493 e. The quantitative estimate of drug-likeness (QED) is 0.862. The standard InChI is InChI=1S/C16H24FNO2/c1-18-14(8-11-6-4-5-7-11)12-9-15(19-2)16(20-3)10-13(12)17/h9-11,14,18H,4-8H2,1-3H3. The fraction of sp³-hybridized carbons (Fsp3) is 0.625. The van der Waals surface area contributed by atoms with Gasteiger partial charge in [-0.05, 0) is 25.5 Å². The van der Waals surface area contributed by atoms with Crippen LogP contribution in [-0.2, 0) is 0 Å². The summed E-state index contributed by atoms with van der Waals surface area (Å²) in [5, 5.41) is 3.24. The minimum Gasteiger partial charge on any atom is -0.493 e. The van der Waals surface area contributed by atoms with Crippen molar-refractivity contribution in [1.29, 1.82) is 0 Å². The normalized spacial score (nSPS) is 17.2. The lowest BCUT2D eigenvalue weighted by molar-refractivity contribution is 0.347. The van der Waals surface area contributed by atoms with Crippen LogP contribution in [0, 0.1) is 11.7 Å². The average Bonchev–Trinajstić information content (AvgIpc) is 2.97. The van der Waals surface area contributed by atoms with Crippen LogP contribution in [0.3, 0.4) is 0 Å². The molecule has 1 aliphatic carbocycles. The SMILES string of the molecule is CNC(CC1CCCC1)c1cc(OC)c(OC)cc1F. The first-order valence-electron chi connectivity index (χ1n) is 7.28. The van der Waals surface area contributed by atoms with E-state index >= 15 is 0 Å². The van der Waals surface area contributed by atoms with Crippen molar-refractivity contribution < 1.29 is 13.9 Å². The lowest BCUT2D eigenvalue weighted by Crippen LogP contribution is -2.20. The Labute approximate surface area is 120 Å². The number of hydrogen-bond donors (Lipinski definition) is 1. The number of hydrogen-bond acceptors (Lipinski definition) is 3. The zero-order chi connectivity index (χ0) is 14.5. The molecule has 1 unspecified atom stereocenters. The Balaban J connectivity index is 2.23. The van der Waals surface area contributed by atoms with Gasteiger partial charge in [0.15, 0.2) is 11.5 Å². The molecule has 1 N–H and O–H groups in total. The van der Waals surface area contributed by atoms with Crippen LogP contribution < -0.4 is 14.8 Å². The van der Waals surface area contributed by atoms with Gasteiger partial charge < -0.3 is 14.8 Å². The topological polar surface area (TPSA) is 30.5 Å². The number of rotatable bonds is 6. The molecule has 0 spiro atoms. The van der Waals surface area contributed by atoms with E-state index in [9.17, 15) is 4.39 Å². The van der Waals surface area contributed by atoms with E-state index in [1.54, 1.807) is 13.2 Å². The summed E-state index contributed by atoms with van der Waals surface area (Å²) >= 11 is 0. The fourth-order valence-corrected chi connectivity index (χ4v) is 3.12. The molecule has 0 aromatic heterocycles. The van der Waals surface area contributed by atoms with Gasteiger partial charge in [0.1, 0.15) is 5.82 Å². The Morgan fingerprint density at radius 2 is 1.80 bits per heavy atom. The maximum Gasteiger partial charge on any atom is 0.163 e. The molecule has 0 aliphatic heterocycles. The van der Waals surface area contributed by atoms with E-state index < -0.39 is 0 Å². The first-order chi connectivity index (χ1) is 9.69. The third-order valence-corrected chi connectivity index (χ3v) is 4.27. The van der Waals surface area contributed by atoms with Gasteiger partial charge in [0.2, 0.25) is 0 Å². The minimum atomic E-state index is -0.236. The molecule has 1 aromatic carbocycles. The number of benzene rings is 1. The van der Waals surface area contributed by atoms with Crippen LogP contribution in [0.5, 0.6) is 11.5 Å². The van der Waals surface area contributed by atoms with Crippen molar-refractivity contribution in [1.82, 2.24) is 5.32 Å². The highest BCUT2D eigenvalue weighted by atomic mass is 19.1. The predicted octanol–water partition coefficient (Wildman–Crippen LogP) is 3.68. The van der Waals surface area contributed by atoms with Crippen molar-refractivity contribution in [2.24, 2.45) is 5.92 Å². The zero-order valence-electron chi connectivity index (χ0n) is 12.5. The first-order valence-corrected chi connectivity index (χ1v) is 7.28. The Morgan fingerprint density at radius 1 is 1.20 bits per heavy atom. The van der Waals surface area contributed by atoms with E-state index in [1.807, 2.05) is 7.05 Å². The van der Waals surface area contributed by atoms with Crippen molar-refractivity contribution in [2.75, 3.05) is 21.3 Å². The molecule has 20 heavy (non-hydrogen) atoms. The highest BCUT2D eigenvalue weighted by molar-refractivity contribution is 5.44. The Kier molecular flexibility index (Phi) is 5.24. The molecule has 0 bridgehead atoms. The maximum absolute atomic E-state index is 14.3. The number of halogens is 1. The highest BCUT2D eigenvalue weighted by Crippen LogP contribution is 2.37. The molecular weight excluding hydrogens is 257 g/mol. The molecule has 1 saturated carbocycles. The van der Waals surface area contributed by atoms with Gasteiger partial charge in [0.05, 0.1) is 14.2 Å². The van der Waals surface area contributed by atoms with Crippen LogP contribution in [0.4, 0.5) is 4.39 Å². The van der Waals surface area contributed by atoms with Crippen molar-refractivity contribution in [2.45, 2.75) is 38.1 Å². The number of ether oxygens (including phenoxy) is 2. The molecule has 0 amide bonds. The second-order valence-electron chi connectivity index (χ2n) is 5.46. The summed E-state index contributed by atoms with van der Waals surface area (Å²) in [5.74, 6) is 1.47. The Bertz CT molecular complexity index is 444. The second-order valence-corrected chi connectivity index (χ2v) is 5.46. The molecule has 3 nitrogen and oxygen atoms in total. The molecule has 1 aliphatic rings. The molecule has 2 rings (SSSR count). The summed E-state index contributed by atoms with van der Waals surface area (Å²) in [4.78, 5) is 0. The van der Waals surface area contributed by atoms with Crippen molar-refractivity contribution >= 4 is 0 Å². The van der Waals surface area contributed by atoms with Crippen LogP contribution in [0.25, 0.3) is 0 Å². The summed E-state index contributed by atoms with van der Waals surface area (Å²) in [7, 11) is 4.98. The molecular formula is C16H24FNO2. The van der Waals surface area contributed by atoms with Crippen LogP contribution in [-0.4, -0.2) is 21.3 Å². The summed E-state index contributed by atoms with van der Waals surface area (Å²) in [6.45, 7) is 0. The van der Waals surface area contributed by atoms with Gasteiger partial charge in [-0.1, -0.05) is 25.7 Å². The second kappa shape index (κ2) is 6.93. The van der Waals surface area contributed by atoms with E-state index in [0.29, 0.717) is 23.0 Å². The molecule has 0 saturated heterocycles. The summed E-state index contributed by atoms with van der Waals surface area (Å²) in [6.07, 6.45) is 6.09. The van der Waals surface area contributed by atoms with E-state index in [-0.39, 0.29) is 11.9 Å². The predicted molar refractivity (Wildman–Crippen MR) is 77.9 cm³/mol. The summed E-state index contributed by atoms with van der Waals surface area (Å²) in [6, 6.07) is 3.19. The lowest BCUT2D eigenvalue weighted by Gasteiger charge is -2.22. The highest BCUT2D eigenvalue weighted by Gasteiger charge is 2.23. The monoisotopic (exact) mass is 281 g/mol. The minimum absolute atomic E-state index is 0.0258. The number of methoxy groups -OCH3 is 2. The van der Waals surface area contributed by atoms with Gasteiger partial charge >= 0.3 is 0 Å². The van der Waals surface area contributed by atoms with Crippen molar-refractivity contribution in [3.05, 3.63) is 23.5 Å². The van der Waals surface area contributed by atoms with Gasteiger partial charge in [-0.2, -0.15) is 0 Å². The van der Waals surface area contributed by atoms with E-state index in [4.69, 9.17) is 9.47 Å². The molecule has 4 heteroatoms. The summed E-state index contributed by atoms with van der Waals surface area (Å²) < 4.78 is 24.7. The number of nitrogens with one attached hydrogen (secondary N) is 1. The average molecular weight is 281 g/mol. The fourth-order valence-electron chi connectivity index (χ4n) is 3.12. The first kappa shape index (κ1) is 15.1. The van der Waals surface area contributed by atoms with Crippen molar-refractivity contribution in [3.63, 3.8) is 0 Å². The molecule has 1 atom stereocenters. The van der Waals surface area contributed by atoms with Gasteiger partial charge in [-0.3, -0.25) is 0 Å². The van der Waals surface area contributed by atoms with Gasteiger partial charge in [0, 0.05) is 17.7 Å². The van der Waals surface area contributed by atoms with Crippen molar-refractivity contribution in [3.8, 4) is 11.5 Å². The van der Waals surface area contributed by atoms with Gasteiger partial charge in [-0.25, -0.2) is 4.39 Å². The third-order valence-electron chi connectivity index (χ3n) is 4.27. The molecule has 0 heterocycles. The Hall–Kier alpha value is -1.29. The van der Waals surface area contributed by atoms with E-state index in [1.165, 1.54) is 38.9 Å². The maximum atomic E-state index is 14.3. The van der Waals surface area contributed by atoms with Gasteiger partial charge in [0.25, 0.3) is 0 Å². The van der Waals surface area contributed by atoms with E-state index in [0.717, 1.165) is 6.42 Å². The molecule has 112 valence electrons. The molecule has 0 radical (unpaired) electrons. The van der Waals surface area contributed by atoms with Crippen LogP contribution >= 0.6 is 0 Å². The third kappa shape index (κ3) is 3.23.